The number of nitrogens with one attached hydrogen (secondary N) is 2. The first kappa shape index (κ1) is 19.9. The number of aromatic amines is 1. The number of para-hydroxylation sites is 1. The van der Waals surface area contributed by atoms with Crippen molar-refractivity contribution in [1.82, 2.24) is 20.5 Å². The van der Waals surface area contributed by atoms with Gasteiger partial charge in [0.15, 0.2) is 0 Å². The third-order valence-electron chi connectivity index (χ3n) is 5.80. The molecule has 0 unspecified atom stereocenters. The van der Waals surface area contributed by atoms with Crippen molar-refractivity contribution in [2.24, 2.45) is 0 Å². The van der Waals surface area contributed by atoms with E-state index in [1.54, 1.807) is 0 Å². The first-order chi connectivity index (χ1) is 15.2. The molecule has 31 heavy (non-hydrogen) atoms. The van der Waals surface area contributed by atoms with Crippen LogP contribution in [-0.4, -0.2) is 26.8 Å². The van der Waals surface area contributed by atoms with E-state index >= 15 is 0 Å². The number of fused-ring (bicyclic) bond motifs is 2. The topological polar surface area (TPSA) is 83.8 Å². The number of aryl methyl sites for hydroxylation is 2. The number of aromatic nitrogens is 3. The molecule has 158 valence electrons. The number of rotatable bonds is 6. The largest absolute Gasteiger partial charge is 0.411 e. The van der Waals surface area contributed by atoms with E-state index in [-0.39, 0.29) is 17.7 Å². The van der Waals surface area contributed by atoms with E-state index in [9.17, 15) is 4.79 Å². The number of hydrogen-bond acceptors (Lipinski definition) is 5. The lowest BCUT2D eigenvalue weighted by atomic mass is 9.89. The number of carbonyl (C=O) groups excluding carboxylic acids is 1. The molecule has 0 aliphatic heterocycles. The highest BCUT2D eigenvalue weighted by Gasteiger charge is 2.17. The Labute approximate surface area is 184 Å². The van der Waals surface area contributed by atoms with Gasteiger partial charge in [-0.2, -0.15) is 0 Å². The second kappa shape index (κ2) is 8.59. The molecule has 2 N–H and O–H groups in total. The molecule has 2 heterocycles. The van der Waals surface area contributed by atoms with Crippen LogP contribution in [0.15, 0.2) is 58.3 Å². The Morgan fingerprint density at radius 1 is 1.16 bits per heavy atom. The molecular formula is C24H24N4O2S. The zero-order chi connectivity index (χ0) is 21.2. The van der Waals surface area contributed by atoms with Crippen molar-refractivity contribution in [3.63, 3.8) is 0 Å². The van der Waals surface area contributed by atoms with Gasteiger partial charge in [-0.05, 0) is 55.4 Å². The molecule has 0 bridgehead atoms. The van der Waals surface area contributed by atoms with Gasteiger partial charge < -0.3 is 14.7 Å². The summed E-state index contributed by atoms with van der Waals surface area (Å²) in [5.74, 6) is 0.620. The average Bonchev–Trinajstić information content (AvgIpc) is 3.44. The Hall–Kier alpha value is -3.06. The first-order valence-electron chi connectivity index (χ1n) is 10.6. The molecule has 2 aromatic carbocycles. The van der Waals surface area contributed by atoms with Gasteiger partial charge in [0.2, 0.25) is 5.91 Å². The second-order valence-corrected chi connectivity index (χ2v) is 8.86. The highest BCUT2D eigenvalue weighted by molar-refractivity contribution is 7.99. The molecule has 0 radical (unpaired) electrons. The van der Waals surface area contributed by atoms with Crippen LogP contribution < -0.4 is 5.32 Å². The molecule has 5 rings (SSSR count). The zero-order valence-electron chi connectivity index (χ0n) is 17.4. The van der Waals surface area contributed by atoms with Gasteiger partial charge in [-0.1, -0.05) is 48.2 Å². The van der Waals surface area contributed by atoms with Gasteiger partial charge >= 0.3 is 0 Å². The van der Waals surface area contributed by atoms with Crippen LogP contribution >= 0.6 is 11.8 Å². The second-order valence-electron chi connectivity index (χ2n) is 7.93. The van der Waals surface area contributed by atoms with Gasteiger partial charge in [0, 0.05) is 17.1 Å². The minimum Gasteiger partial charge on any atom is -0.411 e. The number of thioether (sulfide) groups is 1. The lowest BCUT2D eigenvalue weighted by Crippen LogP contribution is -2.28. The number of benzene rings is 2. The number of nitrogens with zero attached hydrogens (tertiary/aromatic N) is 2. The van der Waals surface area contributed by atoms with E-state index in [0.29, 0.717) is 11.1 Å². The molecule has 2 aromatic heterocycles. The highest BCUT2D eigenvalue weighted by Crippen LogP contribution is 2.29. The van der Waals surface area contributed by atoms with E-state index in [1.807, 2.05) is 37.4 Å². The molecule has 1 amide bonds. The van der Waals surface area contributed by atoms with Crippen LogP contribution in [0, 0.1) is 0 Å². The van der Waals surface area contributed by atoms with Crippen LogP contribution in [0.3, 0.4) is 0 Å². The molecule has 6 nitrogen and oxygen atoms in total. The van der Waals surface area contributed by atoms with Gasteiger partial charge in [0.1, 0.15) is 0 Å². The predicted octanol–water partition coefficient (Wildman–Crippen LogP) is 5.07. The van der Waals surface area contributed by atoms with E-state index in [1.165, 1.54) is 35.7 Å². The summed E-state index contributed by atoms with van der Waals surface area (Å²) in [5.41, 5.74) is 5.90. The molecule has 7 heteroatoms. The Morgan fingerprint density at radius 2 is 2.00 bits per heavy atom. The van der Waals surface area contributed by atoms with Crippen LogP contribution in [0.4, 0.5) is 0 Å². The predicted molar refractivity (Wildman–Crippen MR) is 122 cm³/mol. The standard InChI is InChI=1S/C24H24N4O2S/c1-15(17-11-10-16-6-2-3-7-18(16)12-17)26-22(29)14-31-24-28-27-23(30-24)20-13-25-21-9-5-4-8-19(20)21/h4-5,8-13,15,25H,2-3,6-7,14H2,1H3,(H,26,29)/t15-/m1/s1. The van der Waals surface area contributed by atoms with E-state index < -0.39 is 0 Å². The van der Waals surface area contributed by atoms with Crippen molar-refractivity contribution in [3.05, 3.63) is 65.4 Å². The average molecular weight is 433 g/mol. The molecule has 1 aliphatic rings. The molecule has 0 fully saturated rings. The van der Waals surface area contributed by atoms with Gasteiger partial charge in [0.25, 0.3) is 11.1 Å². The summed E-state index contributed by atoms with van der Waals surface area (Å²) < 4.78 is 5.78. The maximum absolute atomic E-state index is 12.5. The number of carbonyl (C=O) groups is 1. The maximum Gasteiger partial charge on any atom is 0.277 e. The summed E-state index contributed by atoms with van der Waals surface area (Å²) >= 11 is 1.25. The van der Waals surface area contributed by atoms with Gasteiger partial charge in [-0.3, -0.25) is 4.79 Å². The SMILES string of the molecule is C[C@@H](NC(=O)CSc1nnc(-c2c[nH]c3ccccc23)o1)c1ccc2c(c1)CCCC2. The monoisotopic (exact) mass is 432 g/mol. The van der Waals surface area contributed by atoms with E-state index in [0.717, 1.165) is 34.9 Å². The minimum absolute atomic E-state index is 0.0372. The van der Waals surface area contributed by atoms with Crippen molar-refractivity contribution < 1.29 is 9.21 Å². The van der Waals surface area contributed by atoms with Gasteiger partial charge in [-0.25, -0.2) is 0 Å². The number of H-pyrrole nitrogens is 1. The van der Waals surface area contributed by atoms with E-state index in [2.05, 4.69) is 38.7 Å². The minimum atomic E-state index is -0.0536. The summed E-state index contributed by atoms with van der Waals surface area (Å²) in [4.78, 5) is 15.7. The Bertz CT molecular complexity index is 1230. The summed E-state index contributed by atoms with van der Waals surface area (Å²) in [6, 6.07) is 14.5. The fourth-order valence-corrected chi connectivity index (χ4v) is 4.72. The van der Waals surface area contributed by atoms with Crippen LogP contribution in [0.5, 0.6) is 0 Å². The molecule has 4 aromatic rings. The zero-order valence-corrected chi connectivity index (χ0v) is 18.2. The normalized spacial score (nSPS) is 14.4. The van der Waals surface area contributed by atoms with Crippen LogP contribution in [0.2, 0.25) is 0 Å². The lowest BCUT2D eigenvalue weighted by molar-refractivity contribution is -0.119. The van der Waals surface area contributed by atoms with E-state index in [4.69, 9.17) is 4.42 Å². The molecule has 0 saturated heterocycles. The molecule has 0 saturated carbocycles. The highest BCUT2D eigenvalue weighted by atomic mass is 32.2. The summed E-state index contributed by atoms with van der Waals surface area (Å²) in [6.45, 7) is 2.02. The van der Waals surface area contributed by atoms with Crippen LogP contribution in [0.1, 0.15) is 42.5 Å². The fourth-order valence-electron chi connectivity index (χ4n) is 4.14. The fraction of sp³-hybridized carbons (Fsp3) is 0.292. The van der Waals surface area contributed by atoms with Crippen LogP contribution in [0.25, 0.3) is 22.4 Å². The summed E-state index contributed by atoms with van der Waals surface area (Å²) in [6.07, 6.45) is 6.68. The molecule has 0 spiro atoms. The molecule has 1 aliphatic carbocycles. The van der Waals surface area contributed by atoms with Gasteiger partial charge in [-0.15, -0.1) is 10.2 Å². The first-order valence-corrected chi connectivity index (χ1v) is 11.6. The maximum atomic E-state index is 12.5. The van der Waals surface area contributed by atoms with Crippen molar-refractivity contribution >= 4 is 28.6 Å². The van der Waals surface area contributed by atoms with Crippen molar-refractivity contribution in [2.45, 2.75) is 43.9 Å². The molecular weight excluding hydrogens is 408 g/mol. The van der Waals surface area contributed by atoms with Crippen molar-refractivity contribution in [1.29, 1.82) is 0 Å². The summed E-state index contributed by atoms with van der Waals surface area (Å²) in [7, 11) is 0. The molecule has 1 atom stereocenters. The quantitative estimate of drug-likeness (QED) is 0.416. The van der Waals surface area contributed by atoms with Crippen molar-refractivity contribution in [2.75, 3.05) is 5.75 Å². The number of hydrogen-bond donors (Lipinski definition) is 2. The number of amides is 1. The smallest absolute Gasteiger partial charge is 0.277 e. The Balaban J connectivity index is 1.19. The lowest BCUT2D eigenvalue weighted by Gasteiger charge is -2.20. The van der Waals surface area contributed by atoms with Crippen LogP contribution in [-0.2, 0) is 17.6 Å². The Morgan fingerprint density at radius 3 is 2.90 bits per heavy atom. The third-order valence-corrected chi connectivity index (χ3v) is 6.62. The van der Waals surface area contributed by atoms with Gasteiger partial charge in [0.05, 0.1) is 17.4 Å². The Kier molecular flexibility index (Phi) is 5.51. The van der Waals surface area contributed by atoms with Crippen molar-refractivity contribution in [3.8, 4) is 11.5 Å². The third kappa shape index (κ3) is 4.23. The summed E-state index contributed by atoms with van der Waals surface area (Å²) in [5, 5.41) is 12.7.